The van der Waals surface area contributed by atoms with E-state index in [4.69, 9.17) is 0 Å². The van der Waals surface area contributed by atoms with Crippen molar-refractivity contribution in [2.45, 2.75) is 44.2 Å². The zero-order valence-corrected chi connectivity index (χ0v) is 14.6. The normalized spacial score (nSPS) is 25.5. The maximum atomic E-state index is 12.3. The van der Waals surface area contributed by atoms with Gasteiger partial charge in [-0.1, -0.05) is 0 Å². The summed E-state index contributed by atoms with van der Waals surface area (Å²) in [4.78, 5) is 30.2. The Labute approximate surface area is 143 Å². The first-order valence-corrected chi connectivity index (χ1v) is 8.89. The number of nitrogens with one attached hydrogen (secondary N) is 1. The number of hydrogen-bond donors (Lipinski definition) is 1. The lowest BCUT2D eigenvalue weighted by molar-refractivity contribution is -0.124. The van der Waals surface area contributed by atoms with Crippen LogP contribution in [-0.4, -0.2) is 78.0 Å². The molecule has 3 aliphatic rings. The monoisotopic (exact) mass is 333 g/mol. The van der Waals surface area contributed by atoms with Gasteiger partial charge in [-0.05, 0) is 38.5 Å². The van der Waals surface area contributed by atoms with Gasteiger partial charge in [0.15, 0.2) is 0 Å². The first-order chi connectivity index (χ1) is 11.4. The van der Waals surface area contributed by atoms with Crippen LogP contribution < -0.4 is 5.32 Å². The molecule has 0 unspecified atom stereocenters. The molecule has 2 saturated heterocycles. The molecule has 3 rings (SSSR count). The molecule has 0 bridgehead atoms. The highest BCUT2D eigenvalue weighted by Gasteiger charge is 2.43. The van der Waals surface area contributed by atoms with Crippen LogP contribution in [0.4, 0.5) is 4.79 Å². The van der Waals surface area contributed by atoms with Crippen LogP contribution in [0.5, 0.6) is 0 Å². The highest BCUT2D eigenvalue weighted by Crippen LogP contribution is 2.39. The minimum atomic E-state index is -0.720. The fourth-order valence-corrected chi connectivity index (χ4v) is 3.81. The van der Waals surface area contributed by atoms with Crippen molar-refractivity contribution in [3.05, 3.63) is 0 Å². The number of hydrogen-bond acceptors (Lipinski definition) is 4. The third-order valence-corrected chi connectivity index (χ3v) is 5.64. The van der Waals surface area contributed by atoms with Crippen LogP contribution in [0.3, 0.4) is 0 Å². The number of carbonyl (C=O) groups is 2. The van der Waals surface area contributed by atoms with Crippen LogP contribution >= 0.6 is 0 Å². The van der Waals surface area contributed by atoms with Crippen molar-refractivity contribution in [3.8, 4) is 6.07 Å². The second kappa shape index (κ2) is 6.60. The number of likely N-dealkylation sites (tertiary alicyclic amines) is 1. The Morgan fingerprint density at radius 2 is 1.92 bits per heavy atom. The minimum Gasteiger partial charge on any atom is -0.337 e. The summed E-state index contributed by atoms with van der Waals surface area (Å²) in [5.74, 6) is 0.233. The smallest absolute Gasteiger partial charge is 0.320 e. The number of nitrogens with zero attached hydrogens (tertiary/aromatic N) is 4. The fraction of sp³-hybridized carbons (Fsp3) is 0.824. The zero-order valence-electron chi connectivity index (χ0n) is 14.6. The molecule has 3 fully saturated rings. The number of nitriles is 1. The summed E-state index contributed by atoms with van der Waals surface area (Å²) in [5.41, 5.74) is -0.720. The Morgan fingerprint density at radius 1 is 1.25 bits per heavy atom. The average Bonchev–Trinajstić information content (AvgIpc) is 3.36. The Morgan fingerprint density at radius 3 is 2.42 bits per heavy atom. The number of urea groups is 1. The second-order valence-corrected chi connectivity index (χ2v) is 7.54. The first-order valence-electron chi connectivity index (χ1n) is 8.89. The number of likely N-dealkylation sites (N-methyl/N-ethyl adjacent to an activating group) is 1. The third-order valence-electron chi connectivity index (χ3n) is 5.64. The largest absolute Gasteiger partial charge is 0.337 e. The Hall–Kier alpha value is -1.81. The molecule has 0 radical (unpaired) electrons. The highest BCUT2D eigenvalue weighted by atomic mass is 16.2. The van der Waals surface area contributed by atoms with Gasteiger partial charge in [0, 0.05) is 39.3 Å². The van der Waals surface area contributed by atoms with Gasteiger partial charge >= 0.3 is 6.03 Å². The summed E-state index contributed by atoms with van der Waals surface area (Å²) in [6.45, 7) is 5.41. The lowest BCUT2D eigenvalue weighted by Gasteiger charge is -2.36. The Bertz CT molecular complexity index is 548. The SMILES string of the molecule is CN1CCN(C2CCN(CC(=O)N[C@](C)(C#N)C3CC3)CC2)C1=O. The van der Waals surface area contributed by atoms with Crippen molar-refractivity contribution in [3.63, 3.8) is 0 Å². The number of amides is 3. The predicted octanol–water partition coefficient (Wildman–Crippen LogP) is 0.627. The number of rotatable bonds is 5. The van der Waals surface area contributed by atoms with Crippen LogP contribution in [0.2, 0.25) is 0 Å². The molecule has 2 heterocycles. The van der Waals surface area contributed by atoms with Crippen molar-refractivity contribution < 1.29 is 9.59 Å². The van der Waals surface area contributed by atoms with Gasteiger partial charge in [-0.25, -0.2) is 4.79 Å². The van der Waals surface area contributed by atoms with Crippen LogP contribution in [0.15, 0.2) is 0 Å². The zero-order chi connectivity index (χ0) is 17.3. The lowest BCUT2D eigenvalue weighted by atomic mass is 9.98. The van der Waals surface area contributed by atoms with Crippen LogP contribution in [0, 0.1) is 17.2 Å². The molecule has 0 aromatic carbocycles. The molecule has 3 amide bonds. The Balaban J connectivity index is 1.45. The van der Waals surface area contributed by atoms with Crippen LogP contribution in [0.1, 0.15) is 32.6 Å². The fourth-order valence-electron chi connectivity index (χ4n) is 3.81. The molecule has 0 spiro atoms. The quantitative estimate of drug-likeness (QED) is 0.800. The van der Waals surface area contributed by atoms with E-state index in [1.807, 2.05) is 18.9 Å². The van der Waals surface area contributed by atoms with Gasteiger partial charge in [0.2, 0.25) is 5.91 Å². The summed E-state index contributed by atoms with van der Waals surface area (Å²) < 4.78 is 0. The first kappa shape index (κ1) is 17.0. The molecule has 1 atom stereocenters. The van der Waals surface area contributed by atoms with Gasteiger partial charge in [0.05, 0.1) is 12.6 Å². The molecular formula is C17H27N5O2. The number of piperidine rings is 1. The van der Waals surface area contributed by atoms with Crippen molar-refractivity contribution >= 4 is 11.9 Å². The second-order valence-electron chi connectivity index (χ2n) is 7.54. The van der Waals surface area contributed by atoms with Gasteiger partial charge in [0.1, 0.15) is 5.54 Å². The molecule has 24 heavy (non-hydrogen) atoms. The molecule has 1 N–H and O–H groups in total. The van der Waals surface area contributed by atoms with E-state index in [-0.39, 0.29) is 18.0 Å². The maximum absolute atomic E-state index is 12.3. The summed E-state index contributed by atoms with van der Waals surface area (Å²) in [6, 6.07) is 2.68. The third kappa shape index (κ3) is 3.48. The van der Waals surface area contributed by atoms with E-state index in [1.54, 1.807) is 4.90 Å². The minimum absolute atomic E-state index is 0.0682. The van der Waals surface area contributed by atoms with E-state index < -0.39 is 5.54 Å². The maximum Gasteiger partial charge on any atom is 0.320 e. The summed E-state index contributed by atoms with van der Waals surface area (Å²) in [7, 11) is 1.84. The van der Waals surface area contributed by atoms with Crippen LogP contribution in [0.25, 0.3) is 0 Å². The van der Waals surface area contributed by atoms with E-state index in [0.29, 0.717) is 12.5 Å². The molecule has 7 heteroatoms. The van der Waals surface area contributed by atoms with E-state index in [9.17, 15) is 14.9 Å². The van der Waals surface area contributed by atoms with Crippen molar-refractivity contribution in [1.82, 2.24) is 20.0 Å². The van der Waals surface area contributed by atoms with Crippen molar-refractivity contribution in [2.24, 2.45) is 5.92 Å². The van der Waals surface area contributed by atoms with Crippen molar-refractivity contribution in [2.75, 3.05) is 39.8 Å². The summed E-state index contributed by atoms with van der Waals surface area (Å²) >= 11 is 0. The molecule has 132 valence electrons. The van der Waals surface area contributed by atoms with Crippen molar-refractivity contribution in [1.29, 1.82) is 5.26 Å². The molecule has 1 aliphatic carbocycles. The van der Waals surface area contributed by atoms with Gasteiger partial charge in [0.25, 0.3) is 0 Å². The van der Waals surface area contributed by atoms with E-state index in [2.05, 4.69) is 16.3 Å². The van der Waals surface area contributed by atoms with Gasteiger partial charge in [-0.15, -0.1) is 0 Å². The molecule has 1 saturated carbocycles. The molecule has 0 aromatic heterocycles. The lowest BCUT2D eigenvalue weighted by Crippen LogP contribution is -2.52. The van der Waals surface area contributed by atoms with E-state index in [1.165, 1.54) is 0 Å². The number of carbonyl (C=O) groups excluding carboxylic acids is 2. The predicted molar refractivity (Wildman–Crippen MR) is 89.1 cm³/mol. The highest BCUT2D eigenvalue weighted by molar-refractivity contribution is 5.79. The summed E-state index contributed by atoms with van der Waals surface area (Å²) in [6.07, 6.45) is 3.86. The topological polar surface area (TPSA) is 79.7 Å². The van der Waals surface area contributed by atoms with Gasteiger partial charge in [-0.2, -0.15) is 5.26 Å². The van der Waals surface area contributed by atoms with E-state index >= 15 is 0 Å². The van der Waals surface area contributed by atoms with E-state index in [0.717, 1.165) is 51.9 Å². The Kier molecular flexibility index (Phi) is 4.68. The average molecular weight is 333 g/mol. The standard InChI is InChI=1S/C17H27N5O2/c1-17(12-18,13-3-4-13)19-15(23)11-21-7-5-14(6-8-21)22-10-9-20(2)16(22)24/h13-14H,3-11H2,1-2H3,(H,19,23)/t17-/m1/s1. The molecule has 2 aliphatic heterocycles. The molecule has 0 aromatic rings. The molecule has 7 nitrogen and oxygen atoms in total. The van der Waals surface area contributed by atoms with Crippen LogP contribution in [-0.2, 0) is 4.79 Å². The molecular weight excluding hydrogens is 306 g/mol. The van der Waals surface area contributed by atoms with Gasteiger partial charge in [-0.3, -0.25) is 9.69 Å². The summed E-state index contributed by atoms with van der Waals surface area (Å²) in [5, 5.41) is 12.3. The van der Waals surface area contributed by atoms with Gasteiger partial charge < -0.3 is 15.1 Å².